The zero-order chi connectivity index (χ0) is 14.8. The Kier molecular flexibility index (Phi) is 5.56. The standard InChI is InChI=1S/C16H19N3OS.ClH/c1-10-2-4-11(5-3-10)8-15(20)19-16-18-13-7-6-12(17)9-14(13)21-16;/h2-5,12H,6-9,17H2,1H3,(H,18,19,20);1H/t12-;/m0./s1. The number of carbonyl (C=O) groups is 1. The van der Waals surface area contributed by atoms with Gasteiger partial charge in [0.25, 0.3) is 0 Å². The number of anilines is 1. The number of carbonyl (C=O) groups excluding carboxylic acids is 1. The van der Waals surface area contributed by atoms with Crippen LogP contribution in [0.4, 0.5) is 5.13 Å². The number of halogens is 1. The number of benzene rings is 1. The molecule has 0 fully saturated rings. The molecule has 1 amide bonds. The Morgan fingerprint density at radius 2 is 2.14 bits per heavy atom. The van der Waals surface area contributed by atoms with E-state index in [1.807, 2.05) is 31.2 Å². The van der Waals surface area contributed by atoms with Gasteiger partial charge in [-0.15, -0.1) is 23.7 Å². The van der Waals surface area contributed by atoms with Gasteiger partial charge in [0.2, 0.25) is 5.91 Å². The summed E-state index contributed by atoms with van der Waals surface area (Å²) in [7, 11) is 0. The Bertz CT molecular complexity index is 654. The van der Waals surface area contributed by atoms with Gasteiger partial charge in [0, 0.05) is 10.9 Å². The van der Waals surface area contributed by atoms with Gasteiger partial charge in [-0.25, -0.2) is 4.98 Å². The molecule has 0 unspecified atom stereocenters. The van der Waals surface area contributed by atoms with Gasteiger partial charge in [0.1, 0.15) is 0 Å². The quantitative estimate of drug-likeness (QED) is 0.905. The SMILES string of the molecule is Cc1ccc(CC(=O)Nc2nc3c(s2)C[C@@H](N)CC3)cc1.Cl. The number of nitrogens with zero attached hydrogens (tertiary/aromatic N) is 1. The molecule has 118 valence electrons. The van der Waals surface area contributed by atoms with E-state index >= 15 is 0 Å². The van der Waals surface area contributed by atoms with Crippen molar-refractivity contribution in [2.45, 2.75) is 38.6 Å². The molecule has 4 nitrogen and oxygen atoms in total. The van der Waals surface area contributed by atoms with Crippen LogP contribution in [-0.4, -0.2) is 16.9 Å². The largest absolute Gasteiger partial charge is 0.327 e. The van der Waals surface area contributed by atoms with Crippen molar-refractivity contribution in [2.75, 3.05) is 5.32 Å². The van der Waals surface area contributed by atoms with Gasteiger partial charge in [-0.05, 0) is 31.7 Å². The molecule has 2 aromatic rings. The van der Waals surface area contributed by atoms with Crippen LogP contribution < -0.4 is 11.1 Å². The highest BCUT2D eigenvalue weighted by atomic mass is 35.5. The van der Waals surface area contributed by atoms with E-state index in [0.717, 1.165) is 30.5 Å². The van der Waals surface area contributed by atoms with Gasteiger partial charge in [-0.1, -0.05) is 29.8 Å². The highest BCUT2D eigenvalue weighted by Gasteiger charge is 2.20. The summed E-state index contributed by atoms with van der Waals surface area (Å²) in [4.78, 5) is 17.8. The van der Waals surface area contributed by atoms with Gasteiger partial charge in [0.05, 0.1) is 12.1 Å². The third-order valence-electron chi connectivity index (χ3n) is 3.71. The molecule has 0 saturated carbocycles. The van der Waals surface area contributed by atoms with Crippen molar-refractivity contribution in [3.8, 4) is 0 Å². The van der Waals surface area contributed by atoms with E-state index in [9.17, 15) is 4.79 Å². The number of aromatic nitrogens is 1. The van der Waals surface area contributed by atoms with Crippen LogP contribution in [0.25, 0.3) is 0 Å². The predicted molar refractivity (Wildman–Crippen MR) is 92.9 cm³/mol. The van der Waals surface area contributed by atoms with Crippen LogP contribution in [0.3, 0.4) is 0 Å². The second-order valence-corrected chi connectivity index (χ2v) is 6.69. The van der Waals surface area contributed by atoms with E-state index in [-0.39, 0.29) is 24.4 Å². The van der Waals surface area contributed by atoms with Gasteiger partial charge in [-0.3, -0.25) is 4.79 Å². The van der Waals surface area contributed by atoms with Crippen molar-refractivity contribution < 1.29 is 4.79 Å². The lowest BCUT2D eigenvalue weighted by Crippen LogP contribution is -2.27. The molecule has 1 heterocycles. The predicted octanol–water partition coefficient (Wildman–Crippen LogP) is 2.87. The Morgan fingerprint density at radius 1 is 1.41 bits per heavy atom. The van der Waals surface area contributed by atoms with Crippen LogP contribution in [0.15, 0.2) is 24.3 Å². The van der Waals surface area contributed by atoms with Crippen molar-refractivity contribution >= 4 is 34.8 Å². The maximum absolute atomic E-state index is 12.1. The lowest BCUT2D eigenvalue weighted by molar-refractivity contribution is -0.115. The third kappa shape index (κ3) is 4.06. The summed E-state index contributed by atoms with van der Waals surface area (Å²) in [5, 5.41) is 3.60. The Balaban J connectivity index is 0.00000176. The van der Waals surface area contributed by atoms with E-state index < -0.39 is 0 Å². The minimum atomic E-state index is -0.0192. The molecule has 0 spiro atoms. The molecular weight excluding hydrogens is 318 g/mol. The molecule has 1 aromatic heterocycles. The summed E-state index contributed by atoms with van der Waals surface area (Å²) in [5.41, 5.74) is 9.28. The van der Waals surface area contributed by atoms with Crippen LogP contribution in [0.2, 0.25) is 0 Å². The normalized spacial score (nSPS) is 16.5. The molecule has 3 rings (SSSR count). The van der Waals surface area contributed by atoms with Crippen molar-refractivity contribution in [3.63, 3.8) is 0 Å². The van der Waals surface area contributed by atoms with Crippen LogP contribution in [0.1, 0.15) is 28.1 Å². The van der Waals surface area contributed by atoms with E-state index in [1.54, 1.807) is 11.3 Å². The molecular formula is C16H20ClN3OS. The zero-order valence-electron chi connectivity index (χ0n) is 12.5. The summed E-state index contributed by atoms with van der Waals surface area (Å²) in [6, 6.07) is 8.24. The molecule has 0 aliphatic heterocycles. The fourth-order valence-electron chi connectivity index (χ4n) is 2.51. The lowest BCUT2D eigenvalue weighted by Gasteiger charge is -2.15. The first-order valence-corrected chi connectivity index (χ1v) is 8.01. The number of aryl methyl sites for hydroxylation is 2. The molecule has 6 heteroatoms. The van der Waals surface area contributed by atoms with Gasteiger partial charge < -0.3 is 11.1 Å². The summed E-state index contributed by atoms with van der Waals surface area (Å²) >= 11 is 1.56. The fourth-order valence-corrected chi connectivity index (χ4v) is 3.63. The number of hydrogen-bond acceptors (Lipinski definition) is 4. The molecule has 1 aromatic carbocycles. The second-order valence-electron chi connectivity index (χ2n) is 5.60. The monoisotopic (exact) mass is 337 g/mol. The number of nitrogens with two attached hydrogens (primary N) is 1. The third-order valence-corrected chi connectivity index (χ3v) is 4.74. The van der Waals surface area contributed by atoms with E-state index in [4.69, 9.17) is 5.73 Å². The average Bonchev–Trinajstić information content (AvgIpc) is 2.82. The van der Waals surface area contributed by atoms with Gasteiger partial charge in [-0.2, -0.15) is 0 Å². The van der Waals surface area contributed by atoms with Gasteiger partial charge >= 0.3 is 0 Å². The van der Waals surface area contributed by atoms with Crippen molar-refractivity contribution in [1.29, 1.82) is 0 Å². The molecule has 1 aliphatic carbocycles. The van der Waals surface area contributed by atoms with Crippen molar-refractivity contribution in [1.82, 2.24) is 4.98 Å². The number of hydrogen-bond donors (Lipinski definition) is 2. The molecule has 1 atom stereocenters. The number of fused-ring (bicyclic) bond motifs is 1. The summed E-state index contributed by atoms with van der Waals surface area (Å²) in [6.45, 7) is 2.04. The Morgan fingerprint density at radius 3 is 2.86 bits per heavy atom. The zero-order valence-corrected chi connectivity index (χ0v) is 14.1. The summed E-state index contributed by atoms with van der Waals surface area (Å²) < 4.78 is 0. The second kappa shape index (κ2) is 7.22. The maximum Gasteiger partial charge on any atom is 0.230 e. The smallest absolute Gasteiger partial charge is 0.230 e. The number of nitrogens with one attached hydrogen (secondary N) is 1. The lowest BCUT2D eigenvalue weighted by atomic mass is 9.99. The molecule has 3 N–H and O–H groups in total. The average molecular weight is 338 g/mol. The van der Waals surface area contributed by atoms with E-state index in [1.165, 1.54) is 10.4 Å². The Labute approximate surface area is 140 Å². The number of rotatable bonds is 3. The van der Waals surface area contributed by atoms with E-state index in [0.29, 0.717) is 11.6 Å². The Hall–Kier alpha value is -1.43. The van der Waals surface area contributed by atoms with Crippen molar-refractivity contribution in [2.24, 2.45) is 5.73 Å². The highest BCUT2D eigenvalue weighted by molar-refractivity contribution is 7.15. The number of amides is 1. The molecule has 0 radical (unpaired) electrons. The molecule has 0 saturated heterocycles. The van der Waals surface area contributed by atoms with Crippen molar-refractivity contribution in [3.05, 3.63) is 46.0 Å². The highest BCUT2D eigenvalue weighted by Crippen LogP contribution is 2.29. The molecule has 22 heavy (non-hydrogen) atoms. The molecule has 0 bridgehead atoms. The fraction of sp³-hybridized carbons (Fsp3) is 0.375. The summed E-state index contributed by atoms with van der Waals surface area (Å²) in [5.74, 6) is -0.0192. The first-order chi connectivity index (χ1) is 10.1. The topological polar surface area (TPSA) is 68.0 Å². The van der Waals surface area contributed by atoms with E-state index in [2.05, 4.69) is 10.3 Å². The van der Waals surface area contributed by atoms with Crippen LogP contribution in [0.5, 0.6) is 0 Å². The van der Waals surface area contributed by atoms with Gasteiger partial charge in [0.15, 0.2) is 5.13 Å². The minimum absolute atomic E-state index is 0. The van der Waals surface area contributed by atoms with Crippen LogP contribution >= 0.6 is 23.7 Å². The van der Waals surface area contributed by atoms with Crippen LogP contribution in [0, 0.1) is 6.92 Å². The number of thiazole rings is 1. The molecule has 1 aliphatic rings. The maximum atomic E-state index is 12.1. The summed E-state index contributed by atoms with van der Waals surface area (Å²) in [6.07, 6.45) is 3.15. The minimum Gasteiger partial charge on any atom is -0.327 e. The van der Waals surface area contributed by atoms with Crippen LogP contribution in [-0.2, 0) is 24.1 Å². The first-order valence-electron chi connectivity index (χ1n) is 7.19. The first kappa shape index (κ1) is 16.9.